The summed E-state index contributed by atoms with van der Waals surface area (Å²) in [5.74, 6) is 1.14. The summed E-state index contributed by atoms with van der Waals surface area (Å²) in [5.41, 5.74) is 0.737. The van der Waals surface area contributed by atoms with Crippen molar-refractivity contribution in [1.82, 2.24) is 15.0 Å². The van der Waals surface area contributed by atoms with Crippen LogP contribution in [0.5, 0.6) is 11.5 Å². The molecule has 10 heteroatoms. The van der Waals surface area contributed by atoms with Gasteiger partial charge >= 0.3 is 5.63 Å². The van der Waals surface area contributed by atoms with Crippen LogP contribution in [0, 0.1) is 10.1 Å². The zero-order valence-corrected chi connectivity index (χ0v) is 16.3. The Morgan fingerprint density at radius 1 is 1.03 bits per heavy atom. The number of nitrogens with zero attached hydrogens (tertiary/aromatic N) is 4. The monoisotopic (exact) mass is 422 g/mol. The Bertz CT molecular complexity index is 1250. The zero-order chi connectivity index (χ0) is 21.6. The predicted octanol–water partition coefficient (Wildman–Crippen LogP) is 3.34. The Kier molecular flexibility index (Phi) is 5.88. The van der Waals surface area contributed by atoms with Gasteiger partial charge in [-0.1, -0.05) is 5.21 Å². The van der Waals surface area contributed by atoms with Gasteiger partial charge in [-0.25, -0.2) is 4.79 Å². The van der Waals surface area contributed by atoms with Gasteiger partial charge in [-0.3, -0.25) is 14.8 Å². The first-order valence-corrected chi connectivity index (χ1v) is 9.50. The highest BCUT2D eigenvalue weighted by Crippen LogP contribution is 2.20. The zero-order valence-electron chi connectivity index (χ0n) is 16.3. The first-order chi connectivity index (χ1) is 15.1. The second kappa shape index (κ2) is 9.08. The number of aryl methyl sites for hydroxylation is 1. The molecule has 0 saturated carbocycles. The Morgan fingerprint density at radius 2 is 1.81 bits per heavy atom. The Balaban J connectivity index is 1.23. The molecule has 0 aliphatic rings. The third kappa shape index (κ3) is 5.24. The fourth-order valence-electron chi connectivity index (χ4n) is 2.88. The molecule has 0 spiro atoms. The Labute approximate surface area is 175 Å². The van der Waals surface area contributed by atoms with Crippen molar-refractivity contribution in [3.8, 4) is 11.5 Å². The van der Waals surface area contributed by atoms with Crippen LogP contribution in [0.3, 0.4) is 0 Å². The van der Waals surface area contributed by atoms with Crippen molar-refractivity contribution in [2.24, 2.45) is 0 Å². The van der Waals surface area contributed by atoms with Crippen LogP contribution >= 0.6 is 0 Å². The molecule has 4 rings (SSSR count). The van der Waals surface area contributed by atoms with Gasteiger partial charge in [0.05, 0.1) is 17.7 Å². The van der Waals surface area contributed by atoms with Gasteiger partial charge in [-0.05, 0) is 30.3 Å². The average Bonchev–Trinajstić information content (AvgIpc) is 3.23. The van der Waals surface area contributed by atoms with Crippen LogP contribution in [-0.2, 0) is 13.2 Å². The fraction of sp³-hybridized carbons (Fsp3) is 0.190. The number of hydrogen-bond donors (Lipinski definition) is 0. The number of ether oxygens (including phenoxy) is 2. The van der Waals surface area contributed by atoms with Crippen molar-refractivity contribution >= 4 is 16.7 Å². The summed E-state index contributed by atoms with van der Waals surface area (Å²) < 4.78 is 18.1. The quantitative estimate of drug-likeness (QED) is 0.174. The lowest BCUT2D eigenvalue weighted by Crippen LogP contribution is -2.05. The van der Waals surface area contributed by atoms with E-state index >= 15 is 0 Å². The molecular formula is C21H18N4O6. The minimum atomic E-state index is -0.462. The number of aromatic nitrogens is 3. The van der Waals surface area contributed by atoms with Gasteiger partial charge in [0.25, 0.3) is 5.69 Å². The average molecular weight is 422 g/mol. The molecular weight excluding hydrogens is 404 g/mol. The molecule has 0 aliphatic heterocycles. The molecule has 0 unspecified atom stereocenters. The summed E-state index contributed by atoms with van der Waals surface area (Å²) in [7, 11) is 0. The number of benzene rings is 2. The lowest BCUT2D eigenvalue weighted by molar-refractivity contribution is -0.384. The maximum absolute atomic E-state index is 11.3. The predicted molar refractivity (Wildman–Crippen MR) is 110 cm³/mol. The topological polar surface area (TPSA) is 123 Å². The first kappa shape index (κ1) is 20.1. The van der Waals surface area contributed by atoms with Crippen LogP contribution in [-0.4, -0.2) is 26.5 Å². The molecule has 0 fully saturated rings. The van der Waals surface area contributed by atoms with E-state index in [1.165, 1.54) is 30.3 Å². The van der Waals surface area contributed by atoms with Gasteiger partial charge in [-0.2, -0.15) is 0 Å². The van der Waals surface area contributed by atoms with Crippen LogP contribution < -0.4 is 15.1 Å². The summed E-state index contributed by atoms with van der Waals surface area (Å²) in [6.45, 7) is 1.26. The second-order valence-corrected chi connectivity index (χ2v) is 6.67. The number of non-ortho nitro benzene ring substituents is 1. The molecule has 31 heavy (non-hydrogen) atoms. The third-order valence-electron chi connectivity index (χ3n) is 4.42. The summed E-state index contributed by atoms with van der Waals surface area (Å²) in [6.07, 6.45) is 2.47. The van der Waals surface area contributed by atoms with E-state index in [0.717, 1.165) is 5.39 Å². The second-order valence-electron chi connectivity index (χ2n) is 6.67. The van der Waals surface area contributed by atoms with E-state index in [-0.39, 0.29) is 12.3 Å². The highest BCUT2D eigenvalue weighted by Gasteiger charge is 2.06. The molecule has 2 heterocycles. The van der Waals surface area contributed by atoms with E-state index in [2.05, 4.69) is 10.3 Å². The SMILES string of the molecule is O=c1ccc2ccc(OCCCn3cc(COc4ccc([N+](=O)[O-])cc4)nn3)cc2o1. The molecule has 0 N–H and O–H groups in total. The molecule has 0 saturated heterocycles. The highest BCUT2D eigenvalue weighted by molar-refractivity contribution is 5.77. The van der Waals surface area contributed by atoms with Crippen molar-refractivity contribution in [2.75, 3.05) is 6.61 Å². The molecule has 2 aromatic heterocycles. The summed E-state index contributed by atoms with van der Waals surface area (Å²) >= 11 is 0. The van der Waals surface area contributed by atoms with E-state index < -0.39 is 10.5 Å². The van der Waals surface area contributed by atoms with E-state index in [0.29, 0.717) is 42.3 Å². The molecule has 0 atom stereocenters. The maximum Gasteiger partial charge on any atom is 0.336 e. The standard InChI is InChI=1S/C21H18N4O6/c26-21-9-3-15-2-6-19(12-20(15)31-21)29-11-1-10-24-13-16(22-23-24)14-30-18-7-4-17(5-8-18)25(27)28/h2-9,12-13H,1,10-11,14H2. The highest BCUT2D eigenvalue weighted by atomic mass is 16.6. The molecule has 10 nitrogen and oxygen atoms in total. The molecule has 0 bridgehead atoms. The van der Waals surface area contributed by atoms with E-state index in [9.17, 15) is 14.9 Å². The number of fused-ring (bicyclic) bond motifs is 1. The van der Waals surface area contributed by atoms with Crippen molar-refractivity contribution in [3.05, 3.63) is 87.0 Å². The smallest absolute Gasteiger partial charge is 0.336 e. The van der Waals surface area contributed by atoms with E-state index in [1.807, 2.05) is 12.1 Å². The maximum atomic E-state index is 11.3. The largest absolute Gasteiger partial charge is 0.493 e. The molecule has 2 aromatic carbocycles. The van der Waals surface area contributed by atoms with Gasteiger partial charge in [0.15, 0.2) is 0 Å². The van der Waals surface area contributed by atoms with Crippen molar-refractivity contribution < 1.29 is 18.8 Å². The van der Waals surface area contributed by atoms with E-state index in [4.69, 9.17) is 13.9 Å². The lowest BCUT2D eigenvalue weighted by Gasteiger charge is -2.06. The first-order valence-electron chi connectivity index (χ1n) is 9.50. The molecule has 0 radical (unpaired) electrons. The van der Waals surface area contributed by atoms with Crippen LogP contribution in [0.25, 0.3) is 11.0 Å². The number of rotatable bonds is 9. The normalized spacial score (nSPS) is 10.8. The van der Waals surface area contributed by atoms with Crippen molar-refractivity contribution in [1.29, 1.82) is 0 Å². The minimum Gasteiger partial charge on any atom is -0.493 e. The van der Waals surface area contributed by atoms with Gasteiger partial charge in [-0.15, -0.1) is 5.10 Å². The lowest BCUT2D eigenvalue weighted by atomic mass is 10.2. The molecule has 4 aromatic rings. The van der Waals surface area contributed by atoms with E-state index in [1.54, 1.807) is 23.0 Å². The molecule has 158 valence electrons. The van der Waals surface area contributed by atoms with Crippen molar-refractivity contribution in [3.63, 3.8) is 0 Å². The number of hydrogen-bond acceptors (Lipinski definition) is 8. The van der Waals surface area contributed by atoms with Crippen LogP contribution in [0.2, 0.25) is 0 Å². The Morgan fingerprint density at radius 3 is 2.61 bits per heavy atom. The third-order valence-corrected chi connectivity index (χ3v) is 4.42. The summed E-state index contributed by atoms with van der Waals surface area (Å²) in [5, 5.41) is 19.6. The van der Waals surface area contributed by atoms with Crippen molar-refractivity contribution in [2.45, 2.75) is 19.6 Å². The summed E-state index contributed by atoms with van der Waals surface area (Å²) in [6, 6.07) is 14.3. The fourth-order valence-corrected chi connectivity index (χ4v) is 2.88. The molecule has 0 aliphatic carbocycles. The van der Waals surface area contributed by atoms with Gasteiger partial charge in [0.1, 0.15) is 29.4 Å². The minimum absolute atomic E-state index is 0.00810. The van der Waals surface area contributed by atoms with Gasteiger partial charge in [0, 0.05) is 42.6 Å². The molecule has 0 amide bonds. The van der Waals surface area contributed by atoms with Gasteiger partial charge < -0.3 is 13.9 Å². The number of nitro groups is 1. The Hall–Kier alpha value is -4.21. The number of nitro benzene ring substituents is 1. The van der Waals surface area contributed by atoms with Crippen LogP contribution in [0.1, 0.15) is 12.1 Å². The van der Waals surface area contributed by atoms with Crippen LogP contribution in [0.15, 0.2) is 70.0 Å². The van der Waals surface area contributed by atoms with Crippen LogP contribution in [0.4, 0.5) is 5.69 Å². The van der Waals surface area contributed by atoms with Gasteiger partial charge in [0.2, 0.25) is 0 Å². The summed E-state index contributed by atoms with van der Waals surface area (Å²) in [4.78, 5) is 21.5.